The number of nitrogens with zero attached hydrogens (tertiary/aromatic N) is 1. The number of hydrogen-bond donors (Lipinski definition) is 2. The summed E-state index contributed by atoms with van der Waals surface area (Å²) in [4.78, 5) is 11.5. The van der Waals surface area contributed by atoms with Crippen LogP contribution in [0.5, 0.6) is 0 Å². The van der Waals surface area contributed by atoms with Gasteiger partial charge in [-0.2, -0.15) is 0 Å². The van der Waals surface area contributed by atoms with Gasteiger partial charge < -0.3 is 5.11 Å². The molecule has 0 aromatic heterocycles. The molecular weight excluding hydrogens is 192 g/mol. The van der Waals surface area contributed by atoms with Gasteiger partial charge in [0.2, 0.25) is 0 Å². The van der Waals surface area contributed by atoms with E-state index in [1.165, 1.54) is 38.9 Å². The molecule has 1 fully saturated rings. The highest BCUT2D eigenvalue weighted by Crippen LogP contribution is 2.11. The fourth-order valence-corrected chi connectivity index (χ4v) is 1.88. The van der Waals surface area contributed by atoms with Crippen LogP contribution in [0.2, 0.25) is 0 Å². The van der Waals surface area contributed by atoms with Crippen LogP contribution in [0.15, 0.2) is 12.2 Å². The van der Waals surface area contributed by atoms with E-state index >= 15 is 0 Å². The van der Waals surface area contributed by atoms with Crippen molar-refractivity contribution in [1.29, 1.82) is 0 Å². The van der Waals surface area contributed by atoms with E-state index in [9.17, 15) is 0 Å². The number of allylic oxidation sites excluding steroid dienone is 1. The zero-order valence-electron chi connectivity index (χ0n) is 9.28. The van der Waals surface area contributed by atoms with Gasteiger partial charge in [-0.3, -0.25) is 15.0 Å². The fraction of sp³-hybridized carbons (Fsp3) is 0.727. The third-order valence-electron chi connectivity index (χ3n) is 2.50. The molecule has 1 saturated heterocycles. The molecule has 0 amide bonds. The van der Waals surface area contributed by atoms with Crippen molar-refractivity contribution < 1.29 is 9.90 Å². The number of carboxylic acid groups (broad SMARTS) is 1. The Morgan fingerprint density at radius 1 is 1.47 bits per heavy atom. The van der Waals surface area contributed by atoms with Crippen molar-refractivity contribution in [3.8, 4) is 0 Å². The summed E-state index contributed by atoms with van der Waals surface area (Å²) >= 11 is 0. The molecule has 1 atom stereocenters. The van der Waals surface area contributed by atoms with Gasteiger partial charge in [0.05, 0.1) is 6.17 Å². The van der Waals surface area contributed by atoms with Crippen LogP contribution in [0.4, 0.5) is 0 Å². The summed E-state index contributed by atoms with van der Waals surface area (Å²) in [5.41, 5.74) is 0. The molecule has 4 heteroatoms. The first-order valence-electron chi connectivity index (χ1n) is 5.54. The van der Waals surface area contributed by atoms with Gasteiger partial charge in [-0.15, -0.1) is 0 Å². The highest BCUT2D eigenvalue weighted by molar-refractivity contribution is 5.62. The Balaban J connectivity index is 0.000000245. The van der Waals surface area contributed by atoms with E-state index in [2.05, 4.69) is 22.4 Å². The Hall–Kier alpha value is -0.870. The lowest BCUT2D eigenvalue weighted by molar-refractivity contribution is -0.134. The van der Waals surface area contributed by atoms with Crippen molar-refractivity contribution in [3.05, 3.63) is 12.2 Å². The lowest BCUT2D eigenvalue weighted by Crippen LogP contribution is -2.49. The summed E-state index contributed by atoms with van der Waals surface area (Å²) in [6.45, 7) is 4.82. The SMILES string of the molecule is C1=CC2NCCCN2CCC1.CC(=O)O. The number of fused-ring (bicyclic) bond motifs is 1. The zero-order chi connectivity index (χ0) is 11.1. The molecule has 0 aromatic rings. The molecule has 2 aliphatic rings. The van der Waals surface area contributed by atoms with Gasteiger partial charge in [0.15, 0.2) is 0 Å². The van der Waals surface area contributed by atoms with Crippen LogP contribution in [0.1, 0.15) is 26.2 Å². The van der Waals surface area contributed by atoms with Crippen LogP contribution in [0.25, 0.3) is 0 Å². The monoisotopic (exact) mass is 212 g/mol. The minimum atomic E-state index is -0.833. The Kier molecular flexibility index (Phi) is 5.36. The number of hydrogen-bond acceptors (Lipinski definition) is 3. The Morgan fingerprint density at radius 2 is 2.13 bits per heavy atom. The quantitative estimate of drug-likeness (QED) is 0.589. The zero-order valence-corrected chi connectivity index (χ0v) is 9.28. The van der Waals surface area contributed by atoms with Crippen molar-refractivity contribution in [3.63, 3.8) is 0 Å². The molecule has 0 bridgehead atoms. The molecule has 2 aliphatic heterocycles. The lowest BCUT2D eigenvalue weighted by atomic mass is 10.2. The van der Waals surface area contributed by atoms with Crippen molar-refractivity contribution in [1.82, 2.24) is 10.2 Å². The second kappa shape index (κ2) is 6.58. The van der Waals surface area contributed by atoms with Crippen LogP contribution >= 0.6 is 0 Å². The standard InChI is InChI=1S/C9H16N2.C2H4O2/c1-2-5-9-10-6-4-8-11(9)7-3-1;1-2(3)4/h2,5,9-10H,1,3-4,6-8H2;1H3,(H,3,4). The molecule has 2 heterocycles. The van der Waals surface area contributed by atoms with Crippen LogP contribution < -0.4 is 5.32 Å². The Morgan fingerprint density at radius 3 is 2.87 bits per heavy atom. The second-order valence-corrected chi connectivity index (χ2v) is 3.88. The first-order valence-corrected chi connectivity index (χ1v) is 5.54. The van der Waals surface area contributed by atoms with Crippen LogP contribution in [-0.4, -0.2) is 41.8 Å². The van der Waals surface area contributed by atoms with Crippen LogP contribution in [-0.2, 0) is 4.79 Å². The fourth-order valence-electron chi connectivity index (χ4n) is 1.88. The number of nitrogens with one attached hydrogen (secondary N) is 1. The van der Waals surface area contributed by atoms with E-state index in [0.717, 1.165) is 6.92 Å². The smallest absolute Gasteiger partial charge is 0.300 e. The van der Waals surface area contributed by atoms with Crippen molar-refractivity contribution in [2.24, 2.45) is 0 Å². The number of aliphatic carboxylic acids is 1. The van der Waals surface area contributed by atoms with E-state index in [1.807, 2.05) is 0 Å². The minimum absolute atomic E-state index is 0.547. The normalized spacial score (nSPS) is 25.8. The van der Waals surface area contributed by atoms with Crippen LogP contribution in [0, 0.1) is 0 Å². The molecule has 0 saturated carbocycles. The average molecular weight is 212 g/mol. The Labute approximate surface area is 91.0 Å². The maximum atomic E-state index is 9.00. The van der Waals surface area contributed by atoms with E-state index in [4.69, 9.17) is 9.90 Å². The molecule has 4 nitrogen and oxygen atoms in total. The predicted octanol–water partition coefficient (Wildman–Crippen LogP) is 1.05. The third-order valence-corrected chi connectivity index (χ3v) is 2.50. The molecule has 0 spiro atoms. The predicted molar refractivity (Wildman–Crippen MR) is 59.7 cm³/mol. The second-order valence-electron chi connectivity index (χ2n) is 3.88. The van der Waals surface area contributed by atoms with Crippen molar-refractivity contribution >= 4 is 5.97 Å². The van der Waals surface area contributed by atoms with Crippen LogP contribution in [0.3, 0.4) is 0 Å². The molecular formula is C11H20N2O2. The summed E-state index contributed by atoms with van der Waals surface area (Å²) < 4.78 is 0. The minimum Gasteiger partial charge on any atom is -0.481 e. The topological polar surface area (TPSA) is 52.6 Å². The first kappa shape index (κ1) is 12.2. The van der Waals surface area contributed by atoms with Crippen molar-refractivity contribution in [2.45, 2.75) is 32.4 Å². The summed E-state index contributed by atoms with van der Waals surface area (Å²) in [5, 5.41) is 10.9. The molecule has 2 N–H and O–H groups in total. The Bertz CT molecular complexity index is 225. The highest BCUT2D eigenvalue weighted by Gasteiger charge is 2.19. The molecule has 0 aliphatic carbocycles. The van der Waals surface area contributed by atoms with Gasteiger partial charge in [-0.05, 0) is 25.8 Å². The van der Waals surface area contributed by atoms with Gasteiger partial charge in [0.1, 0.15) is 0 Å². The van der Waals surface area contributed by atoms with Gasteiger partial charge in [-0.1, -0.05) is 12.2 Å². The molecule has 2 rings (SSSR count). The van der Waals surface area contributed by atoms with Gasteiger partial charge in [0.25, 0.3) is 5.97 Å². The summed E-state index contributed by atoms with van der Waals surface area (Å²) in [5.74, 6) is -0.833. The first-order chi connectivity index (χ1) is 7.20. The van der Waals surface area contributed by atoms with Gasteiger partial charge in [-0.25, -0.2) is 0 Å². The highest BCUT2D eigenvalue weighted by atomic mass is 16.4. The molecule has 86 valence electrons. The molecule has 0 aromatic carbocycles. The van der Waals surface area contributed by atoms with Gasteiger partial charge >= 0.3 is 0 Å². The maximum absolute atomic E-state index is 9.00. The van der Waals surface area contributed by atoms with E-state index < -0.39 is 5.97 Å². The van der Waals surface area contributed by atoms with E-state index in [-0.39, 0.29) is 0 Å². The lowest BCUT2D eigenvalue weighted by Gasteiger charge is -2.33. The maximum Gasteiger partial charge on any atom is 0.300 e. The number of carbonyl (C=O) groups is 1. The molecule has 1 unspecified atom stereocenters. The average Bonchev–Trinajstić information content (AvgIpc) is 2.41. The largest absolute Gasteiger partial charge is 0.481 e. The van der Waals surface area contributed by atoms with E-state index in [0.29, 0.717) is 6.17 Å². The number of rotatable bonds is 0. The summed E-state index contributed by atoms with van der Waals surface area (Å²) in [7, 11) is 0. The molecule has 0 radical (unpaired) electrons. The summed E-state index contributed by atoms with van der Waals surface area (Å²) in [6.07, 6.45) is 9.06. The van der Waals surface area contributed by atoms with Crippen molar-refractivity contribution in [2.75, 3.05) is 19.6 Å². The van der Waals surface area contributed by atoms with E-state index in [1.54, 1.807) is 0 Å². The summed E-state index contributed by atoms with van der Waals surface area (Å²) in [6, 6.07) is 0. The molecule has 15 heavy (non-hydrogen) atoms. The third kappa shape index (κ3) is 4.95. The van der Waals surface area contributed by atoms with Gasteiger partial charge in [0, 0.05) is 20.0 Å². The number of carboxylic acids is 1.